The Kier molecular flexibility index (Phi) is 3.89. The Morgan fingerprint density at radius 3 is 2.39 bits per heavy atom. The van der Waals surface area contributed by atoms with Crippen molar-refractivity contribution in [1.82, 2.24) is 4.31 Å². The first-order chi connectivity index (χ1) is 8.50. The molecule has 0 unspecified atom stereocenters. The van der Waals surface area contributed by atoms with Gasteiger partial charge >= 0.3 is 0 Å². The molecule has 0 spiro atoms. The highest BCUT2D eigenvalue weighted by molar-refractivity contribution is 9.10. The standard InChI is InChI=1S/C12H12BrNO3S/c1-14(9-10-7-8-12(13)17-10)18(15,16)11-5-3-2-4-6-11/h2-8H,9H2,1H3. The molecule has 0 aliphatic carbocycles. The maximum Gasteiger partial charge on any atom is 0.243 e. The molecule has 1 aromatic carbocycles. The first-order valence-corrected chi connectivity index (χ1v) is 7.49. The van der Waals surface area contributed by atoms with Crippen LogP contribution in [0.2, 0.25) is 0 Å². The first kappa shape index (κ1) is 13.3. The average molecular weight is 330 g/mol. The van der Waals surface area contributed by atoms with Crippen LogP contribution in [0.15, 0.2) is 56.4 Å². The summed E-state index contributed by atoms with van der Waals surface area (Å²) in [4.78, 5) is 0.276. The molecule has 6 heteroatoms. The van der Waals surface area contributed by atoms with Crippen LogP contribution in [0.4, 0.5) is 0 Å². The molecule has 18 heavy (non-hydrogen) atoms. The Bertz CT molecular complexity index is 622. The topological polar surface area (TPSA) is 50.5 Å². The quantitative estimate of drug-likeness (QED) is 0.866. The van der Waals surface area contributed by atoms with Crippen molar-refractivity contribution in [2.45, 2.75) is 11.4 Å². The maximum atomic E-state index is 12.2. The van der Waals surface area contributed by atoms with Crippen LogP contribution in [0.25, 0.3) is 0 Å². The predicted octanol–water partition coefficient (Wildman–Crippen LogP) is 2.86. The Hall–Kier alpha value is -1.11. The number of nitrogens with zero attached hydrogens (tertiary/aromatic N) is 1. The summed E-state index contributed by atoms with van der Waals surface area (Å²) in [5.74, 6) is 0.587. The molecule has 0 amide bonds. The first-order valence-electron chi connectivity index (χ1n) is 5.26. The molecule has 0 N–H and O–H groups in total. The fourth-order valence-electron chi connectivity index (χ4n) is 1.51. The van der Waals surface area contributed by atoms with E-state index in [0.717, 1.165) is 0 Å². The molecule has 0 aliphatic heterocycles. The van der Waals surface area contributed by atoms with Crippen LogP contribution in [-0.2, 0) is 16.6 Å². The van der Waals surface area contributed by atoms with Gasteiger partial charge in [-0.15, -0.1) is 0 Å². The van der Waals surface area contributed by atoms with Gasteiger partial charge in [0.15, 0.2) is 4.67 Å². The van der Waals surface area contributed by atoms with E-state index >= 15 is 0 Å². The summed E-state index contributed by atoms with van der Waals surface area (Å²) < 4.78 is 31.6. The van der Waals surface area contributed by atoms with Crippen LogP contribution >= 0.6 is 15.9 Å². The summed E-state index contributed by atoms with van der Waals surface area (Å²) in [6.07, 6.45) is 0. The van der Waals surface area contributed by atoms with Gasteiger partial charge in [0.25, 0.3) is 0 Å². The Morgan fingerprint density at radius 1 is 1.17 bits per heavy atom. The number of halogens is 1. The predicted molar refractivity (Wildman–Crippen MR) is 71.5 cm³/mol. The second kappa shape index (κ2) is 5.26. The highest BCUT2D eigenvalue weighted by atomic mass is 79.9. The maximum absolute atomic E-state index is 12.2. The molecular weight excluding hydrogens is 318 g/mol. The lowest BCUT2D eigenvalue weighted by molar-refractivity contribution is 0.398. The average Bonchev–Trinajstić information content (AvgIpc) is 2.76. The molecule has 0 bridgehead atoms. The Morgan fingerprint density at radius 2 is 1.83 bits per heavy atom. The van der Waals surface area contributed by atoms with Crippen molar-refractivity contribution in [3.05, 3.63) is 52.9 Å². The van der Waals surface area contributed by atoms with Gasteiger partial charge in [0.05, 0.1) is 11.4 Å². The molecule has 1 aromatic heterocycles. The molecule has 0 aliphatic rings. The van der Waals surface area contributed by atoms with E-state index in [9.17, 15) is 8.42 Å². The number of benzene rings is 1. The third kappa shape index (κ3) is 2.82. The van der Waals surface area contributed by atoms with Gasteiger partial charge in [-0.3, -0.25) is 0 Å². The summed E-state index contributed by atoms with van der Waals surface area (Å²) in [7, 11) is -1.94. The van der Waals surface area contributed by atoms with Crippen LogP contribution in [0.5, 0.6) is 0 Å². The van der Waals surface area contributed by atoms with Gasteiger partial charge in [-0.2, -0.15) is 4.31 Å². The van der Waals surface area contributed by atoms with E-state index in [-0.39, 0.29) is 11.4 Å². The summed E-state index contributed by atoms with van der Waals surface area (Å²) >= 11 is 3.18. The molecule has 0 radical (unpaired) electrons. The van der Waals surface area contributed by atoms with Crippen molar-refractivity contribution < 1.29 is 12.8 Å². The van der Waals surface area contributed by atoms with Crippen molar-refractivity contribution >= 4 is 26.0 Å². The van der Waals surface area contributed by atoms with E-state index < -0.39 is 10.0 Å². The lowest BCUT2D eigenvalue weighted by Crippen LogP contribution is -2.26. The molecule has 2 rings (SSSR count). The Balaban J connectivity index is 2.21. The van der Waals surface area contributed by atoms with Gasteiger partial charge in [0, 0.05) is 7.05 Å². The fraction of sp³-hybridized carbons (Fsp3) is 0.167. The van der Waals surface area contributed by atoms with Crippen LogP contribution in [0.3, 0.4) is 0 Å². The smallest absolute Gasteiger partial charge is 0.243 e. The van der Waals surface area contributed by atoms with Crippen LogP contribution in [0.1, 0.15) is 5.76 Å². The van der Waals surface area contributed by atoms with E-state index in [1.807, 2.05) is 0 Å². The Labute approximate surface area is 114 Å². The van der Waals surface area contributed by atoms with Gasteiger partial charge in [-0.1, -0.05) is 18.2 Å². The van der Waals surface area contributed by atoms with Crippen LogP contribution in [-0.4, -0.2) is 19.8 Å². The summed E-state index contributed by atoms with van der Waals surface area (Å²) in [5, 5.41) is 0. The molecule has 0 saturated carbocycles. The number of hydrogen-bond acceptors (Lipinski definition) is 3. The third-order valence-corrected chi connectivity index (χ3v) is 4.70. The zero-order valence-electron chi connectivity index (χ0n) is 9.71. The lowest BCUT2D eigenvalue weighted by Gasteiger charge is -2.15. The van der Waals surface area contributed by atoms with Crippen molar-refractivity contribution in [1.29, 1.82) is 0 Å². The van der Waals surface area contributed by atoms with Gasteiger partial charge in [-0.25, -0.2) is 8.42 Å². The van der Waals surface area contributed by atoms with Crippen molar-refractivity contribution in [2.75, 3.05) is 7.05 Å². The van der Waals surface area contributed by atoms with Crippen LogP contribution < -0.4 is 0 Å². The minimum absolute atomic E-state index is 0.197. The van der Waals surface area contributed by atoms with Crippen LogP contribution in [0, 0.1) is 0 Å². The van der Waals surface area contributed by atoms with E-state index in [4.69, 9.17) is 4.42 Å². The van der Waals surface area contributed by atoms with E-state index in [0.29, 0.717) is 10.4 Å². The van der Waals surface area contributed by atoms with E-state index in [2.05, 4.69) is 15.9 Å². The van der Waals surface area contributed by atoms with Gasteiger partial charge < -0.3 is 4.42 Å². The zero-order chi connectivity index (χ0) is 13.2. The second-order valence-electron chi connectivity index (χ2n) is 3.78. The normalized spacial score (nSPS) is 11.9. The minimum Gasteiger partial charge on any atom is -0.453 e. The molecule has 2 aromatic rings. The molecule has 4 nitrogen and oxygen atoms in total. The van der Waals surface area contributed by atoms with Crippen molar-refractivity contribution in [3.63, 3.8) is 0 Å². The minimum atomic E-state index is -3.47. The molecule has 0 fully saturated rings. The third-order valence-electron chi connectivity index (χ3n) is 2.46. The molecule has 1 heterocycles. The summed E-state index contributed by atoms with van der Waals surface area (Å²) in [5.41, 5.74) is 0. The van der Waals surface area contributed by atoms with Gasteiger partial charge in [0.2, 0.25) is 10.0 Å². The van der Waals surface area contributed by atoms with Gasteiger partial charge in [-0.05, 0) is 40.2 Å². The van der Waals surface area contributed by atoms with Crippen molar-refractivity contribution in [3.8, 4) is 0 Å². The monoisotopic (exact) mass is 329 g/mol. The number of sulfonamides is 1. The van der Waals surface area contributed by atoms with E-state index in [1.54, 1.807) is 42.5 Å². The number of rotatable bonds is 4. The lowest BCUT2D eigenvalue weighted by atomic mass is 10.4. The highest BCUT2D eigenvalue weighted by Crippen LogP contribution is 2.19. The number of furan rings is 1. The molecule has 96 valence electrons. The molecule has 0 atom stereocenters. The van der Waals surface area contributed by atoms with Crippen molar-refractivity contribution in [2.24, 2.45) is 0 Å². The largest absolute Gasteiger partial charge is 0.453 e. The highest BCUT2D eigenvalue weighted by Gasteiger charge is 2.21. The second-order valence-corrected chi connectivity index (χ2v) is 6.61. The fourth-order valence-corrected chi connectivity index (χ4v) is 3.01. The zero-order valence-corrected chi connectivity index (χ0v) is 12.1. The molecule has 0 saturated heterocycles. The van der Waals surface area contributed by atoms with Gasteiger partial charge in [0.1, 0.15) is 5.76 Å². The summed E-state index contributed by atoms with van der Waals surface area (Å²) in [6, 6.07) is 11.8. The van der Waals surface area contributed by atoms with E-state index in [1.165, 1.54) is 11.4 Å². The summed E-state index contributed by atoms with van der Waals surface area (Å²) in [6.45, 7) is 0.197. The number of hydrogen-bond donors (Lipinski definition) is 0. The molecular formula is C12H12BrNO3S. The SMILES string of the molecule is CN(Cc1ccc(Br)o1)S(=O)(=O)c1ccccc1.